The van der Waals surface area contributed by atoms with Crippen molar-refractivity contribution in [3.8, 4) is 34.2 Å². The molecule has 6 bridgehead atoms. The number of halogens is 3. The highest BCUT2D eigenvalue weighted by Gasteiger charge is 2.44. The minimum atomic E-state index is -4.60. The molecule has 0 unspecified atom stereocenters. The summed E-state index contributed by atoms with van der Waals surface area (Å²) in [6, 6.07) is 14.0. The summed E-state index contributed by atoms with van der Waals surface area (Å²) in [6.07, 6.45) is -2.58. The van der Waals surface area contributed by atoms with Gasteiger partial charge < -0.3 is 29.2 Å². The van der Waals surface area contributed by atoms with Crippen LogP contribution in [0.1, 0.15) is 83.7 Å². The lowest BCUT2D eigenvalue weighted by Gasteiger charge is -2.42. The van der Waals surface area contributed by atoms with Gasteiger partial charge in [-0.2, -0.15) is 13.2 Å². The van der Waals surface area contributed by atoms with E-state index in [-0.39, 0.29) is 63.7 Å². The maximum Gasteiger partial charge on any atom is 0.406 e. The largest absolute Gasteiger partial charge is 0.464 e. The maximum absolute atomic E-state index is 14.8. The van der Waals surface area contributed by atoms with E-state index in [0.717, 1.165) is 0 Å². The summed E-state index contributed by atoms with van der Waals surface area (Å²) in [6.45, 7) is 10.2. The van der Waals surface area contributed by atoms with Crippen molar-refractivity contribution >= 4 is 50.7 Å². The predicted molar refractivity (Wildman–Crippen MR) is 271 cm³/mol. The van der Waals surface area contributed by atoms with E-state index in [9.17, 15) is 37.1 Å². The summed E-state index contributed by atoms with van der Waals surface area (Å²) >= 11 is 0. The fourth-order valence-electron chi connectivity index (χ4n) is 9.60. The number of esters is 1. The van der Waals surface area contributed by atoms with Crippen molar-refractivity contribution < 1.29 is 46.6 Å². The molecule has 2 N–H and O–H groups in total. The van der Waals surface area contributed by atoms with Crippen LogP contribution in [0.4, 0.5) is 13.2 Å². The third kappa shape index (κ3) is 12.0. The highest BCUT2D eigenvalue weighted by molar-refractivity contribution is 6.27. The van der Waals surface area contributed by atoms with E-state index in [2.05, 4.69) is 37.8 Å². The van der Waals surface area contributed by atoms with Crippen LogP contribution < -0.4 is 10.7 Å². The van der Waals surface area contributed by atoms with Gasteiger partial charge in [-0.05, 0) is 113 Å². The Balaban J connectivity index is 1.26. The molecule has 0 saturated carbocycles. The van der Waals surface area contributed by atoms with E-state index >= 15 is 0 Å². The molecule has 3 aliphatic heterocycles. The normalized spacial score (nSPS) is 20.6. The maximum atomic E-state index is 14.8. The molecule has 19 heteroatoms. The van der Waals surface area contributed by atoms with Gasteiger partial charge in [0.25, 0.3) is 11.8 Å². The Morgan fingerprint density at radius 1 is 1.05 bits per heavy atom. The van der Waals surface area contributed by atoms with Crippen molar-refractivity contribution in [3.63, 3.8) is 0 Å². The van der Waals surface area contributed by atoms with Crippen molar-refractivity contribution in [2.24, 2.45) is 11.3 Å². The fraction of sp³-hybridized carbons (Fsp3) is 0.519. The van der Waals surface area contributed by atoms with Crippen molar-refractivity contribution in [2.75, 3.05) is 54.5 Å². The number of rotatable bonds is 10. The van der Waals surface area contributed by atoms with Gasteiger partial charge in [0.2, 0.25) is 11.8 Å². The molecule has 2 fully saturated rings. The molecular formula is C54H66F3N8O7Si. The lowest BCUT2D eigenvalue weighted by molar-refractivity contribution is -0.158. The SMILES string of the molecule is CC[C@H](C(=O)N[C@H]1Cc2cccc(c2)-c2ccc3c(c2)c(c(-c2cccnc2[C@H](C)OC)n3CC(F)(F)F)CC(C)(C)COC(=O)[C@@]2([Si])CCCN(N2)C1=O)N(C)C(=O)C1CN(C(=O)C#CC(C)(C)N(C)C)C1. The Morgan fingerprint density at radius 2 is 1.77 bits per heavy atom. The number of aromatic nitrogens is 2. The number of likely N-dealkylation sites (N-methyl/N-ethyl adjacent to an activating group) is 1. The summed E-state index contributed by atoms with van der Waals surface area (Å²) in [7, 11) is 10.4. The zero-order chi connectivity index (χ0) is 53.4. The molecule has 2 aromatic heterocycles. The molecule has 2 saturated heterocycles. The van der Waals surface area contributed by atoms with Gasteiger partial charge in [0.05, 0.1) is 45.8 Å². The van der Waals surface area contributed by atoms with Gasteiger partial charge in [0.15, 0.2) is 0 Å². The molecule has 73 heavy (non-hydrogen) atoms. The van der Waals surface area contributed by atoms with Gasteiger partial charge in [-0.1, -0.05) is 57.0 Å². The zero-order valence-electron chi connectivity index (χ0n) is 43.3. The van der Waals surface area contributed by atoms with E-state index in [0.29, 0.717) is 56.5 Å². The van der Waals surface area contributed by atoms with Crippen molar-refractivity contribution in [3.05, 3.63) is 77.6 Å². The summed E-state index contributed by atoms with van der Waals surface area (Å²) < 4.78 is 57.2. The topological polar surface area (TPSA) is 159 Å². The van der Waals surface area contributed by atoms with E-state index in [1.807, 2.05) is 77.0 Å². The van der Waals surface area contributed by atoms with Gasteiger partial charge in [-0.15, -0.1) is 0 Å². The Kier molecular flexibility index (Phi) is 16.0. The minimum Gasteiger partial charge on any atom is -0.464 e. The number of hydrazine groups is 1. The van der Waals surface area contributed by atoms with Crippen LogP contribution in [0.25, 0.3) is 33.3 Å². The Morgan fingerprint density at radius 3 is 2.44 bits per heavy atom. The van der Waals surface area contributed by atoms with Crippen molar-refractivity contribution in [1.82, 2.24) is 40.0 Å². The number of carbonyl (C=O) groups is 5. The van der Waals surface area contributed by atoms with Gasteiger partial charge >= 0.3 is 12.1 Å². The number of pyridine rings is 1. The molecule has 5 heterocycles. The summed E-state index contributed by atoms with van der Waals surface area (Å²) in [5.41, 5.74) is 5.93. The minimum absolute atomic E-state index is 0.00946. The third-order valence-corrected chi connectivity index (χ3v) is 15.0. The van der Waals surface area contributed by atoms with E-state index in [4.69, 9.17) is 9.47 Å². The summed E-state index contributed by atoms with van der Waals surface area (Å²) in [5.74, 6) is 2.59. The van der Waals surface area contributed by atoms with Crippen molar-refractivity contribution in [1.29, 1.82) is 0 Å². The Hall–Kier alpha value is -6.07. The molecule has 4 aromatic rings. The van der Waals surface area contributed by atoms with E-state index in [1.54, 1.807) is 44.3 Å². The number of amides is 4. The van der Waals surface area contributed by atoms with Gasteiger partial charge in [0.1, 0.15) is 23.8 Å². The first-order chi connectivity index (χ1) is 34.3. The number of hydrogen-bond acceptors (Lipinski definition) is 10. The van der Waals surface area contributed by atoms with Crippen LogP contribution in [0.3, 0.4) is 0 Å². The molecule has 4 atom stereocenters. The number of nitrogens with zero attached hydrogens (tertiary/aromatic N) is 6. The van der Waals surface area contributed by atoms with Crippen LogP contribution in [0, 0.1) is 23.2 Å². The highest BCUT2D eigenvalue weighted by Crippen LogP contribution is 2.43. The van der Waals surface area contributed by atoms with Crippen LogP contribution in [0.5, 0.6) is 0 Å². The van der Waals surface area contributed by atoms with Crippen LogP contribution in [0.2, 0.25) is 0 Å². The third-order valence-electron chi connectivity index (χ3n) is 14.4. The molecule has 3 aliphatic rings. The second-order valence-electron chi connectivity index (χ2n) is 21.1. The summed E-state index contributed by atoms with van der Waals surface area (Å²) in [4.78, 5) is 79.5. The first-order valence-electron chi connectivity index (χ1n) is 24.6. The Bertz CT molecular complexity index is 2830. The van der Waals surface area contributed by atoms with E-state index < -0.39 is 70.7 Å². The predicted octanol–water partition coefficient (Wildman–Crippen LogP) is 5.82. The number of nitrogens with one attached hydrogen (secondary N) is 2. The van der Waals surface area contributed by atoms with Crippen LogP contribution in [-0.4, -0.2) is 153 Å². The molecule has 389 valence electrons. The number of likely N-dealkylation sites (tertiary alicyclic amines) is 1. The molecule has 0 aliphatic carbocycles. The van der Waals surface area contributed by atoms with E-state index in [1.165, 1.54) is 33.5 Å². The monoisotopic (exact) mass is 1020 g/mol. The molecule has 3 radical (unpaired) electrons. The Labute approximate surface area is 428 Å². The van der Waals surface area contributed by atoms with Gasteiger partial charge in [-0.25, -0.2) is 5.43 Å². The molecule has 15 nitrogen and oxygen atoms in total. The number of ether oxygens (including phenoxy) is 2. The number of hydrogen-bond donors (Lipinski definition) is 2. The number of carbonyl (C=O) groups excluding carboxylic acids is 5. The second-order valence-corrected chi connectivity index (χ2v) is 21.9. The highest BCUT2D eigenvalue weighted by atomic mass is 28.1. The van der Waals surface area contributed by atoms with Crippen LogP contribution >= 0.6 is 0 Å². The first-order valence-corrected chi connectivity index (χ1v) is 25.1. The number of alkyl halides is 3. The van der Waals surface area contributed by atoms with Crippen LogP contribution in [-0.2, 0) is 52.8 Å². The quantitative estimate of drug-likeness (QED) is 0.113. The zero-order valence-corrected chi connectivity index (χ0v) is 44.3. The van der Waals surface area contributed by atoms with Crippen LogP contribution in [0.15, 0.2) is 60.8 Å². The standard InChI is InChI=1S/C54H66F3N8O7Si/c1-11-42(62(9)48(68)37-29-63(30-37)44(66)20-22-52(5,6)61(7)8)47(67)59-41-26-34-15-12-16-35(25-34)36-18-19-43-39(27-36)40(28-51(3,4)32-72-50(70)53(73)21-14-24-65(60-53)49(41)69)46(64(43)31-54(55,56)57)38-17-13-23-58-45(38)33(2)71-10/h12-13,15-19,23,25,27,33,37,41-42,60H,11,14,21,24,26,28-32H2,1-10H3,(H,59,67)/t33-,41-,42+,53-/m0/s1. The number of benzene rings is 2. The van der Waals surface area contributed by atoms with Crippen molar-refractivity contribution in [2.45, 2.75) is 115 Å². The average Bonchev–Trinajstić information content (AvgIpc) is 3.60. The number of methoxy groups -OCH3 is 1. The number of cyclic esters (lactones) is 1. The molecule has 2 aromatic carbocycles. The lowest BCUT2D eigenvalue weighted by Crippen LogP contribution is -2.67. The molecule has 0 spiro atoms. The first kappa shape index (κ1) is 54.7. The summed E-state index contributed by atoms with van der Waals surface area (Å²) in [5, 5.41) is 3.26. The average molecular weight is 1020 g/mol. The second kappa shape index (κ2) is 21.4. The molecule has 4 amide bonds. The smallest absolute Gasteiger partial charge is 0.406 e. The van der Waals surface area contributed by atoms with Gasteiger partial charge in [0, 0.05) is 68.3 Å². The lowest BCUT2D eigenvalue weighted by atomic mass is 9.84. The molecule has 7 rings (SSSR count). The van der Waals surface area contributed by atoms with Gasteiger partial charge in [-0.3, -0.25) is 38.9 Å². The fourth-order valence-corrected chi connectivity index (χ4v) is 9.99. The number of fused-ring (bicyclic) bond motifs is 6. The molecular weight excluding hydrogens is 958 g/mol.